The zero-order valence-electron chi connectivity index (χ0n) is 16.3. The third-order valence-corrected chi connectivity index (χ3v) is 5.81. The van der Waals surface area contributed by atoms with Crippen molar-refractivity contribution in [2.24, 2.45) is 0 Å². The third-order valence-electron chi connectivity index (χ3n) is 4.61. The number of nitrogens with one attached hydrogen (secondary N) is 1. The van der Waals surface area contributed by atoms with Crippen LogP contribution in [0.5, 0.6) is 0 Å². The lowest BCUT2D eigenvalue weighted by Crippen LogP contribution is -2.27. The van der Waals surface area contributed by atoms with Crippen molar-refractivity contribution in [3.8, 4) is 11.1 Å². The molecule has 0 fully saturated rings. The van der Waals surface area contributed by atoms with Crippen molar-refractivity contribution in [2.45, 2.75) is 6.54 Å². The lowest BCUT2D eigenvalue weighted by molar-refractivity contribution is -0.116. The van der Waals surface area contributed by atoms with Crippen LogP contribution in [0.1, 0.15) is 10.4 Å². The van der Waals surface area contributed by atoms with E-state index in [1.165, 1.54) is 29.3 Å². The van der Waals surface area contributed by atoms with E-state index in [2.05, 4.69) is 15.0 Å². The zero-order chi connectivity index (χ0) is 22.0. The Morgan fingerprint density at radius 1 is 1.13 bits per heavy atom. The summed E-state index contributed by atoms with van der Waals surface area (Å²) in [6.07, 6.45) is 1.37. The maximum Gasteiger partial charge on any atom is 0.337 e. The fourth-order valence-corrected chi connectivity index (χ4v) is 4.15. The first-order valence-electron chi connectivity index (χ1n) is 9.17. The molecule has 0 saturated carbocycles. The molecular formula is C22H16ClN3O4S. The van der Waals surface area contributed by atoms with E-state index in [-0.39, 0.29) is 18.0 Å². The molecule has 0 aliphatic heterocycles. The number of carbonyl (C=O) groups is 2. The van der Waals surface area contributed by atoms with E-state index in [9.17, 15) is 14.4 Å². The number of rotatable bonds is 5. The van der Waals surface area contributed by atoms with Gasteiger partial charge in [0, 0.05) is 21.7 Å². The fraction of sp³-hybridized carbons (Fsp3) is 0.0909. The minimum absolute atomic E-state index is 0.186. The van der Waals surface area contributed by atoms with Gasteiger partial charge >= 0.3 is 5.97 Å². The Hall–Kier alpha value is -3.49. The van der Waals surface area contributed by atoms with Crippen molar-refractivity contribution in [1.29, 1.82) is 0 Å². The quantitative estimate of drug-likeness (QED) is 0.457. The normalized spacial score (nSPS) is 10.8. The number of esters is 1. The molecule has 156 valence electrons. The molecule has 9 heteroatoms. The van der Waals surface area contributed by atoms with Gasteiger partial charge in [-0.25, -0.2) is 9.78 Å². The van der Waals surface area contributed by atoms with Crippen LogP contribution < -0.4 is 10.9 Å². The van der Waals surface area contributed by atoms with E-state index in [0.29, 0.717) is 26.5 Å². The molecule has 4 rings (SSSR count). The lowest BCUT2D eigenvalue weighted by atomic mass is 10.1. The number of aromatic nitrogens is 2. The molecule has 0 aliphatic carbocycles. The molecule has 1 N–H and O–H groups in total. The third kappa shape index (κ3) is 4.35. The smallest absolute Gasteiger partial charge is 0.337 e. The molecule has 1 amide bonds. The number of fused-ring (bicyclic) bond motifs is 1. The summed E-state index contributed by atoms with van der Waals surface area (Å²) in [6.45, 7) is -0.186. The van der Waals surface area contributed by atoms with Crippen LogP contribution in [0.2, 0.25) is 5.02 Å². The Labute approximate surface area is 185 Å². The van der Waals surface area contributed by atoms with Gasteiger partial charge in [-0.15, -0.1) is 11.3 Å². The molecule has 7 nitrogen and oxygen atoms in total. The Bertz CT molecular complexity index is 1330. The van der Waals surface area contributed by atoms with Crippen LogP contribution in [0.4, 0.5) is 5.69 Å². The minimum atomic E-state index is -0.460. The number of nitrogens with zero attached hydrogens (tertiary/aromatic N) is 2. The number of carbonyl (C=O) groups excluding carboxylic acids is 2. The Kier molecular flexibility index (Phi) is 5.83. The highest BCUT2D eigenvalue weighted by Gasteiger charge is 2.14. The highest BCUT2D eigenvalue weighted by atomic mass is 35.5. The van der Waals surface area contributed by atoms with Crippen LogP contribution >= 0.6 is 22.9 Å². The van der Waals surface area contributed by atoms with Crippen molar-refractivity contribution in [2.75, 3.05) is 12.4 Å². The summed E-state index contributed by atoms with van der Waals surface area (Å²) in [7, 11) is 1.30. The summed E-state index contributed by atoms with van der Waals surface area (Å²) in [5.41, 5.74) is 2.93. The van der Waals surface area contributed by atoms with Crippen LogP contribution in [-0.2, 0) is 16.1 Å². The standard InChI is InChI=1S/C22H16ClN3O4S/c1-30-22(29)14-4-8-16(9-5-14)25-18(27)10-26-12-24-19-17(11-31-20(19)21(26)28)13-2-6-15(23)7-3-13/h2-9,11-12H,10H2,1H3,(H,25,27). The second-order valence-electron chi connectivity index (χ2n) is 6.63. The number of hydrogen-bond donors (Lipinski definition) is 1. The molecule has 31 heavy (non-hydrogen) atoms. The number of hydrogen-bond acceptors (Lipinski definition) is 6. The molecule has 2 heterocycles. The molecule has 0 aliphatic rings. The van der Waals surface area contributed by atoms with Crippen LogP contribution in [0.15, 0.2) is 65.0 Å². The van der Waals surface area contributed by atoms with E-state index < -0.39 is 5.97 Å². The van der Waals surface area contributed by atoms with Crippen LogP contribution in [0.3, 0.4) is 0 Å². The average Bonchev–Trinajstić information content (AvgIpc) is 3.21. The Balaban J connectivity index is 1.53. The number of benzene rings is 2. The molecule has 0 spiro atoms. The fourth-order valence-electron chi connectivity index (χ4n) is 3.05. The van der Waals surface area contributed by atoms with E-state index in [0.717, 1.165) is 11.1 Å². The molecule has 0 radical (unpaired) electrons. The molecule has 0 unspecified atom stereocenters. The second kappa shape index (κ2) is 8.71. The molecule has 0 atom stereocenters. The van der Waals surface area contributed by atoms with Gasteiger partial charge in [-0.1, -0.05) is 23.7 Å². The van der Waals surface area contributed by atoms with E-state index >= 15 is 0 Å². The van der Waals surface area contributed by atoms with Crippen molar-refractivity contribution in [3.63, 3.8) is 0 Å². The number of amides is 1. The van der Waals surface area contributed by atoms with Crippen LogP contribution in [-0.4, -0.2) is 28.5 Å². The zero-order valence-corrected chi connectivity index (χ0v) is 17.9. The van der Waals surface area contributed by atoms with Crippen molar-refractivity contribution >= 4 is 50.7 Å². The van der Waals surface area contributed by atoms with E-state index in [1.54, 1.807) is 36.4 Å². The topological polar surface area (TPSA) is 90.3 Å². The highest BCUT2D eigenvalue weighted by Crippen LogP contribution is 2.31. The van der Waals surface area contributed by atoms with Gasteiger partial charge in [-0.3, -0.25) is 14.2 Å². The molecule has 2 aromatic heterocycles. The Morgan fingerprint density at radius 2 is 1.84 bits per heavy atom. The maximum atomic E-state index is 12.8. The van der Waals surface area contributed by atoms with Crippen molar-refractivity contribution in [3.05, 3.63) is 81.2 Å². The SMILES string of the molecule is COC(=O)c1ccc(NC(=O)Cn2cnc3c(-c4ccc(Cl)cc4)csc3c2=O)cc1. The predicted octanol–water partition coefficient (Wildman–Crippen LogP) is 4.20. The van der Waals surface area contributed by atoms with Gasteiger partial charge in [-0.2, -0.15) is 0 Å². The number of ether oxygens (including phenoxy) is 1. The number of anilines is 1. The first-order chi connectivity index (χ1) is 15.0. The van der Waals surface area contributed by atoms with Crippen molar-refractivity contribution in [1.82, 2.24) is 9.55 Å². The number of thiophene rings is 1. The van der Waals surface area contributed by atoms with E-state index in [1.807, 2.05) is 17.5 Å². The molecular weight excluding hydrogens is 438 g/mol. The lowest BCUT2D eigenvalue weighted by Gasteiger charge is -2.08. The summed E-state index contributed by atoms with van der Waals surface area (Å²) in [5.74, 6) is -0.846. The van der Waals surface area contributed by atoms with Crippen LogP contribution in [0.25, 0.3) is 21.3 Å². The summed E-state index contributed by atoms with van der Waals surface area (Å²) in [6, 6.07) is 13.6. The van der Waals surface area contributed by atoms with Crippen LogP contribution in [0, 0.1) is 0 Å². The minimum Gasteiger partial charge on any atom is -0.465 e. The van der Waals surface area contributed by atoms with Gasteiger partial charge in [0.15, 0.2) is 0 Å². The van der Waals surface area contributed by atoms with Gasteiger partial charge < -0.3 is 10.1 Å². The van der Waals surface area contributed by atoms with Gasteiger partial charge in [0.25, 0.3) is 5.56 Å². The summed E-state index contributed by atoms with van der Waals surface area (Å²) < 4.78 is 6.38. The monoisotopic (exact) mass is 453 g/mol. The maximum absolute atomic E-state index is 12.8. The summed E-state index contributed by atoms with van der Waals surface area (Å²) in [4.78, 5) is 41.1. The van der Waals surface area contributed by atoms with Crippen molar-refractivity contribution < 1.29 is 14.3 Å². The highest BCUT2D eigenvalue weighted by molar-refractivity contribution is 7.17. The first-order valence-corrected chi connectivity index (χ1v) is 10.4. The van der Waals surface area contributed by atoms with E-state index in [4.69, 9.17) is 11.6 Å². The largest absolute Gasteiger partial charge is 0.465 e. The van der Waals surface area contributed by atoms with Gasteiger partial charge in [-0.05, 0) is 42.0 Å². The first kappa shape index (κ1) is 20.8. The molecule has 0 saturated heterocycles. The second-order valence-corrected chi connectivity index (χ2v) is 7.94. The number of halogens is 1. The van der Waals surface area contributed by atoms with Gasteiger partial charge in [0.1, 0.15) is 11.2 Å². The molecule has 4 aromatic rings. The predicted molar refractivity (Wildman–Crippen MR) is 121 cm³/mol. The molecule has 2 aromatic carbocycles. The average molecular weight is 454 g/mol. The summed E-state index contributed by atoms with van der Waals surface area (Å²) >= 11 is 7.23. The Morgan fingerprint density at radius 3 is 2.52 bits per heavy atom. The summed E-state index contributed by atoms with van der Waals surface area (Å²) in [5, 5.41) is 5.20. The molecule has 0 bridgehead atoms. The van der Waals surface area contributed by atoms with Gasteiger partial charge in [0.05, 0.1) is 24.5 Å². The number of methoxy groups -OCH3 is 1. The van der Waals surface area contributed by atoms with Gasteiger partial charge in [0.2, 0.25) is 5.91 Å².